The smallest absolute Gasteiger partial charge is 0.227 e. The number of hydrogen-bond donors (Lipinski definition) is 2. The summed E-state index contributed by atoms with van der Waals surface area (Å²) in [6.07, 6.45) is 3.36. The minimum Gasteiger partial charge on any atom is -0.323 e. The molecule has 0 unspecified atom stereocenters. The van der Waals surface area contributed by atoms with E-state index in [4.69, 9.17) is 11.6 Å². The van der Waals surface area contributed by atoms with Gasteiger partial charge in [-0.1, -0.05) is 11.6 Å². The van der Waals surface area contributed by atoms with Crippen molar-refractivity contribution < 1.29 is 4.79 Å². The molecule has 0 bridgehead atoms. The van der Waals surface area contributed by atoms with E-state index in [-0.39, 0.29) is 11.8 Å². The van der Waals surface area contributed by atoms with Crippen LogP contribution in [-0.4, -0.2) is 24.0 Å². The number of hydrogen-bond acceptors (Lipinski definition) is 3. The Bertz CT molecular complexity index is 377. The molecule has 1 saturated heterocycles. The average Bonchev–Trinajstić information content (AvgIpc) is 2.33. The van der Waals surface area contributed by atoms with Crippen LogP contribution in [0.2, 0.25) is 5.15 Å². The van der Waals surface area contributed by atoms with Crippen LogP contribution in [0.25, 0.3) is 0 Å². The Morgan fingerprint density at radius 1 is 1.50 bits per heavy atom. The van der Waals surface area contributed by atoms with Gasteiger partial charge in [0.15, 0.2) is 5.15 Å². The summed E-state index contributed by atoms with van der Waals surface area (Å²) in [6.45, 7) is 1.80. The second-order valence-corrected chi connectivity index (χ2v) is 4.21. The van der Waals surface area contributed by atoms with E-state index in [0.29, 0.717) is 10.8 Å². The lowest BCUT2D eigenvalue weighted by atomic mass is 9.97. The molecule has 0 aliphatic carbocycles. The maximum Gasteiger partial charge on any atom is 0.227 e. The van der Waals surface area contributed by atoms with Crippen LogP contribution in [0.5, 0.6) is 0 Å². The first-order valence-electron chi connectivity index (χ1n) is 5.39. The summed E-state index contributed by atoms with van der Waals surface area (Å²) >= 11 is 5.87. The summed E-state index contributed by atoms with van der Waals surface area (Å²) in [6, 6.07) is 3.51. The van der Waals surface area contributed by atoms with Crippen molar-refractivity contribution in [1.29, 1.82) is 0 Å². The van der Waals surface area contributed by atoms with Gasteiger partial charge < -0.3 is 10.6 Å². The molecule has 2 heterocycles. The first kappa shape index (κ1) is 11.4. The number of pyridine rings is 1. The van der Waals surface area contributed by atoms with E-state index in [0.717, 1.165) is 25.9 Å². The van der Waals surface area contributed by atoms with Gasteiger partial charge in [0.05, 0.1) is 5.69 Å². The van der Waals surface area contributed by atoms with Crippen LogP contribution in [0.3, 0.4) is 0 Å². The zero-order valence-electron chi connectivity index (χ0n) is 8.87. The summed E-state index contributed by atoms with van der Waals surface area (Å²) in [5.74, 6) is 0.119. The lowest BCUT2D eigenvalue weighted by Crippen LogP contribution is -2.34. The summed E-state index contributed by atoms with van der Waals surface area (Å²) in [5.41, 5.74) is 0.590. The molecular formula is C11H14ClN3O. The van der Waals surface area contributed by atoms with E-state index in [2.05, 4.69) is 15.6 Å². The highest BCUT2D eigenvalue weighted by atomic mass is 35.5. The largest absolute Gasteiger partial charge is 0.323 e. The van der Waals surface area contributed by atoms with Crippen molar-refractivity contribution in [2.45, 2.75) is 12.8 Å². The zero-order valence-corrected chi connectivity index (χ0v) is 9.63. The quantitative estimate of drug-likeness (QED) is 0.772. The van der Waals surface area contributed by atoms with Gasteiger partial charge in [0.25, 0.3) is 0 Å². The Kier molecular flexibility index (Phi) is 3.74. The number of carbonyl (C=O) groups excluding carboxylic acids is 1. The van der Waals surface area contributed by atoms with Crippen molar-refractivity contribution in [1.82, 2.24) is 10.3 Å². The number of carbonyl (C=O) groups is 1. The molecular weight excluding hydrogens is 226 g/mol. The molecule has 1 aliphatic rings. The van der Waals surface area contributed by atoms with Gasteiger partial charge in [-0.25, -0.2) is 4.98 Å². The Morgan fingerprint density at radius 2 is 2.25 bits per heavy atom. The molecule has 0 aromatic carbocycles. The number of halogens is 1. The summed E-state index contributed by atoms with van der Waals surface area (Å²) in [7, 11) is 0. The fourth-order valence-electron chi connectivity index (χ4n) is 1.80. The minimum atomic E-state index is 0.0383. The predicted molar refractivity (Wildman–Crippen MR) is 63.5 cm³/mol. The predicted octanol–water partition coefficient (Wildman–Crippen LogP) is 1.67. The van der Waals surface area contributed by atoms with Crippen LogP contribution in [-0.2, 0) is 4.79 Å². The lowest BCUT2D eigenvalue weighted by Gasteiger charge is -2.21. The highest BCUT2D eigenvalue weighted by Crippen LogP contribution is 2.20. The maximum absolute atomic E-state index is 11.9. The van der Waals surface area contributed by atoms with Gasteiger partial charge in [-0.2, -0.15) is 0 Å². The van der Waals surface area contributed by atoms with E-state index >= 15 is 0 Å². The molecule has 86 valence electrons. The SMILES string of the molecule is O=C(Nc1cccnc1Cl)C1CCNCC1. The molecule has 1 aliphatic heterocycles. The minimum absolute atomic E-state index is 0.0383. The molecule has 16 heavy (non-hydrogen) atoms. The maximum atomic E-state index is 11.9. The van der Waals surface area contributed by atoms with Crippen molar-refractivity contribution in [2.24, 2.45) is 5.92 Å². The van der Waals surface area contributed by atoms with Gasteiger partial charge in [-0.15, -0.1) is 0 Å². The van der Waals surface area contributed by atoms with Crippen LogP contribution >= 0.6 is 11.6 Å². The zero-order chi connectivity index (χ0) is 11.4. The Hall–Kier alpha value is -1.13. The van der Waals surface area contributed by atoms with Gasteiger partial charge >= 0.3 is 0 Å². The monoisotopic (exact) mass is 239 g/mol. The molecule has 0 radical (unpaired) electrons. The number of aromatic nitrogens is 1. The highest BCUT2D eigenvalue weighted by Gasteiger charge is 2.21. The molecule has 1 aromatic heterocycles. The fraction of sp³-hybridized carbons (Fsp3) is 0.455. The molecule has 5 heteroatoms. The normalized spacial score (nSPS) is 17.1. The molecule has 2 N–H and O–H groups in total. The lowest BCUT2D eigenvalue weighted by molar-refractivity contribution is -0.120. The second-order valence-electron chi connectivity index (χ2n) is 3.86. The molecule has 0 spiro atoms. The third kappa shape index (κ3) is 2.71. The van der Waals surface area contributed by atoms with Gasteiger partial charge in [-0.05, 0) is 38.1 Å². The van der Waals surface area contributed by atoms with Gasteiger partial charge in [0.2, 0.25) is 5.91 Å². The number of rotatable bonds is 2. The second kappa shape index (κ2) is 5.27. The van der Waals surface area contributed by atoms with Crippen LogP contribution < -0.4 is 10.6 Å². The number of anilines is 1. The summed E-state index contributed by atoms with van der Waals surface area (Å²) < 4.78 is 0. The Balaban J connectivity index is 1.99. The molecule has 1 amide bonds. The fourth-order valence-corrected chi connectivity index (χ4v) is 1.96. The Morgan fingerprint density at radius 3 is 2.94 bits per heavy atom. The molecule has 4 nitrogen and oxygen atoms in total. The van der Waals surface area contributed by atoms with Gasteiger partial charge in [0, 0.05) is 12.1 Å². The van der Waals surface area contributed by atoms with Crippen molar-refractivity contribution in [3.63, 3.8) is 0 Å². The number of piperidine rings is 1. The van der Waals surface area contributed by atoms with E-state index in [9.17, 15) is 4.79 Å². The molecule has 0 saturated carbocycles. The van der Waals surface area contributed by atoms with Crippen LogP contribution in [0.15, 0.2) is 18.3 Å². The van der Waals surface area contributed by atoms with Crippen LogP contribution in [0.1, 0.15) is 12.8 Å². The standard InChI is InChI=1S/C11H14ClN3O/c12-10-9(2-1-5-14-10)15-11(16)8-3-6-13-7-4-8/h1-2,5,8,13H,3-4,6-7H2,(H,15,16). The van der Waals surface area contributed by atoms with Crippen molar-refractivity contribution in [3.8, 4) is 0 Å². The van der Waals surface area contributed by atoms with Crippen LogP contribution in [0.4, 0.5) is 5.69 Å². The molecule has 2 rings (SSSR count). The van der Waals surface area contributed by atoms with Crippen LogP contribution in [0, 0.1) is 5.92 Å². The van der Waals surface area contributed by atoms with Crippen molar-refractivity contribution in [2.75, 3.05) is 18.4 Å². The van der Waals surface area contributed by atoms with E-state index in [1.807, 2.05) is 0 Å². The van der Waals surface area contributed by atoms with Crippen molar-refractivity contribution >= 4 is 23.2 Å². The topological polar surface area (TPSA) is 54.0 Å². The third-order valence-corrected chi connectivity index (χ3v) is 3.03. The summed E-state index contributed by atoms with van der Waals surface area (Å²) in [5, 5.41) is 6.38. The average molecular weight is 240 g/mol. The first-order valence-corrected chi connectivity index (χ1v) is 5.77. The molecule has 0 atom stereocenters. The third-order valence-electron chi connectivity index (χ3n) is 2.73. The van der Waals surface area contributed by atoms with Gasteiger partial charge in [-0.3, -0.25) is 4.79 Å². The molecule has 1 fully saturated rings. The summed E-state index contributed by atoms with van der Waals surface area (Å²) in [4.78, 5) is 15.8. The number of amides is 1. The molecule has 1 aromatic rings. The highest BCUT2D eigenvalue weighted by molar-refractivity contribution is 6.32. The number of nitrogens with one attached hydrogen (secondary N) is 2. The van der Waals surface area contributed by atoms with E-state index in [1.54, 1.807) is 18.3 Å². The first-order chi connectivity index (χ1) is 7.77. The Labute approximate surface area is 99.4 Å². The van der Waals surface area contributed by atoms with E-state index < -0.39 is 0 Å². The van der Waals surface area contributed by atoms with Crippen molar-refractivity contribution in [3.05, 3.63) is 23.5 Å². The van der Waals surface area contributed by atoms with Gasteiger partial charge in [0.1, 0.15) is 0 Å². The van der Waals surface area contributed by atoms with E-state index in [1.165, 1.54) is 0 Å². The number of nitrogens with zero attached hydrogens (tertiary/aromatic N) is 1.